The molecule has 1 saturated heterocycles. The Morgan fingerprint density at radius 2 is 1.73 bits per heavy atom. The average molecular weight is 550 g/mol. The van der Waals surface area contributed by atoms with Crippen LogP contribution in [-0.4, -0.2) is 61.8 Å². The third-order valence-corrected chi connectivity index (χ3v) is 6.47. The lowest BCUT2D eigenvalue weighted by atomic mass is 10.2. The summed E-state index contributed by atoms with van der Waals surface area (Å²) in [6.07, 6.45) is 3.95. The molecule has 4 rings (SSSR count). The number of para-hydroxylation sites is 2. The number of halogens is 2. The molecule has 2 heterocycles. The molecule has 1 aliphatic rings. The van der Waals surface area contributed by atoms with Crippen molar-refractivity contribution in [2.24, 2.45) is 7.05 Å². The first kappa shape index (κ1) is 30.4. The standard InChI is InChI=1S/C28H36N4O3.2ClH/c1-30-15-8-12-26(30)28(33)29-14-5-6-16-31-17-19-32(20-18-31)25-11-3-4-13-27(25)35-22-23-9-7-10-24(21-23)34-2;;/h3-4,7-13,15,21H,5-6,14,16-20,22H2,1-2H3,(H,29,33);2*1H. The Hall–Kier alpha value is -2.87. The fourth-order valence-electron chi connectivity index (χ4n) is 4.43. The number of ether oxygens (including phenoxy) is 2. The predicted molar refractivity (Wildman–Crippen MR) is 154 cm³/mol. The summed E-state index contributed by atoms with van der Waals surface area (Å²) in [5.74, 6) is 1.75. The Labute approximate surface area is 232 Å². The van der Waals surface area contributed by atoms with E-state index in [-0.39, 0.29) is 30.7 Å². The smallest absolute Gasteiger partial charge is 0.267 e. The van der Waals surface area contributed by atoms with E-state index in [0.717, 1.165) is 68.3 Å². The lowest BCUT2D eigenvalue weighted by molar-refractivity contribution is 0.0944. The maximum atomic E-state index is 12.2. The quantitative estimate of drug-likeness (QED) is 0.349. The molecule has 7 nitrogen and oxygen atoms in total. The van der Waals surface area contributed by atoms with Crippen LogP contribution >= 0.6 is 24.8 Å². The molecule has 0 aliphatic carbocycles. The second-order valence-corrected chi connectivity index (χ2v) is 8.90. The largest absolute Gasteiger partial charge is 0.497 e. The molecule has 1 fully saturated rings. The average Bonchev–Trinajstić information content (AvgIpc) is 3.34. The van der Waals surface area contributed by atoms with E-state index >= 15 is 0 Å². The summed E-state index contributed by atoms with van der Waals surface area (Å²) in [6, 6.07) is 20.0. The van der Waals surface area contributed by atoms with Gasteiger partial charge in [-0.3, -0.25) is 9.69 Å². The fourth-order valence-corrected chi connectivity index (χ4v) is 4.43. The van der Waals surface area contributed by atoms with Gasteiger partial charge in [-0.15, -0.1) is 24.8 Å². The number of aryl methyl sites for hydroxylation is 1. The van der Waals surface area contributed by atoms with Crippen molar-refractivity contribution >= 4 is 36.4 Å². The highest BCUT2D eigenvalue weighted by Crippen LogP contribution is 2.30. The number of aromatic nitrogens is 1. The summed E-state index contributed by atoms with van der Waals surface area (Å²) in [7, 11) is 3.57. The van der Waals surface area contributed by atoms with Crippen molar-refractivity contribution in [3.8, 4) is 11.5 Å². The van der Waals surface area contributed by atoms with Crippen LogP contribution in [0, 0.1) is 0 Å². The molecule has 0 bridgehead atoms. The Kier molecular flexibility index (Phi) is 12.6. The van der Waals surface area contributed by atoms with Crippen LogP contribution in [0.5, 0.6) is 11.5 Å². The summed E-state index contributed by atoms with van der Waals surface area (Å²) in [5.41, 5.74) is 2.94. The molecule has 0 spiro atoms. The number of unbranched alkanes of at least 4 members (excludes halogenated alkanes) is 1. The van der Waals surface area contributed by atoms with E-state index in [0.29, 0.717) is 18.8 Å². The highest BCUT2D eigenvalue weighted by atomic mass is 35.5. The van der Waals surface area contributed by atoms with E-state index in [2.05, 4.69) is 33.3 Å². The van der Waals surface area contributed by atoms with Crippen LogP contribution in [0.3, 0.4) is 0 Å². The topological polar surface area (TPSA) is 59.0 Å². The number of carbonyl (C=O) groups excluding carboxylic acids is 1. The van der Waals surface area contributed by atoms with Crippen LogP contribution in [-0.2, 0) is 13.7 Å². The van der Waals surface area contributed by atoms with E-state index in [9.17, 15) is 4.79 Å². The zero-order valence-electron chi connectivity index (χ0n) is 21.6. The summed E-state index contributed by atoms with van der Waals surface area (Å²) in [4.78, 5) is 17.1. The van der Waals surface area contributed by atoms with E-state index < -0.39 is 0 Å². The van der Waals surface area contributed by atoms with Crippen molar-refractivity contribution in [1.82, 2.24) is 14.8 Å². The van der Waals surface area contributed by atoms with Gasteiger partial charge in [-0.25, -0.2) is 0 Å². The molecular weight excluding hydrogens is 511 g/mol. The molecule has 1 N–H and O–H groups in total. The first-order chi connectivity index (χ1) is 17.1. The van der Waals surface area contributed by atoms with Crippen LogP contribution in [0.4, 0.5) is 5.69 Å². The number of hydrogen-bond acceptors (Lipinski definition) is 5. The van der Waals surface area contributed by atoms with Crippen LogP contribution in [0.15, 0.2) is 66.9 Å². The maximum Gasteiger partial charge on any atom is 0.267 e. The van der Waals surface area contributed by atoms with Gasteiger partial charge >= 0.3 is 0 Å². The summed E-state index contributed by atoms with van der Waals surface area (Å²) < 4.78 is 13.4. The zero-order valence-corrected chi connectivity index (χ0v) is 23.2. The Morgan fingerprint density at radius 1 is 0.946 bits per heavy atom. The summed E-state index contributed by atoms with van der Waals surface area (Å²) in [5, 5.41) is 3.02. The van der Waals surface area contributed by atoms with E-state index in [1.807, 2.05) is 60.3 Å². The number of rotatable bonds is 11. The first-order valence-corrected chi connectivity index (χ1v) is 12.4. The number of anilines is 1. The van der Waals surface area contributed by atoms with Gasteiger partial charge in [0.15, 0.2) is 0 Å². The number of amides is 1. The summed E-state index contributed by atoms with van der Waals surface area (Å²) in [6.45, 7) is 6.28. The van der Waals surface area contributed by atoms with Gasteiger partial charge in [-0.05, 0) is 61.3 Å². The molecule has 1 aromatic heterocycles. The lowest BCUT2D eigenvalue weighted by Gasteiger charge is -2.36. The predicted octanol–water partition coefficient (Wildman–Crippen LogP) is 4.79. The van der Waals surface area contributed by atoms with Gasteiger partial charge in [0.25, 0.3) is 5.91 Å². The minimum absolute atomic E-state index is 0. The van der Waals surface area contributed by atoms with Crippen LogP contribution in [0.2, 0.25) is 0 Å². The van der Waals surface area contributed by atoms with Crippen LogP contribution in [0.1, 0.15) is 28.9 Å². The lowest BCUT2D eigenvalue weighted by Crippen LogP contribution is -2.46. The van der Waals surface area contributed by atoms with Gasteiger partial charge in [-0.2, -0.15) is 0 Å². The first-order valence-electron chi connectivity index (χ1n) is 12.4. The van der Waals surface area contributed by atoms with Crippen LogP contribution < -0.4 is 19.7 Å². The normalized spacial score (nSPS) is 13.3. The van der Waals surface area contributed by atoms with Crippen molar-refractivity contribution in [2.75, 3.05) is 51.3 Å². The number of hydrogen-bond donors (Lipinski definition) is 1. The third kappa shape index (κ3) is 8.59. The van der Waals surface area contributed by atoms with Crippen molar-refractivity contribution in [1.29, 1.82) is 0 Å². The number of nitrogens with one attached hydrogen (secondary N) is 1. The Balaban J connectivity index is 0.00000241. The van der Waals surface area contributed by atoms with Gasteiger partial charge in [0.1, 0.15) is 23.8 Å². The van der Waals surface area contributed by atoms with E-state index in [1.165, 1.54) is 0 Å². The number of carbonyl (C=O) groups is 1. The van der Waals surface area contributed by atoms with Gasteiger partial charge in [0.05, 0.1) is 12.8 Å². The van der Waals surface area contributed by atoms with Gasteiger partial charge in [0, 0.05) is 46.0 Å². The number of benzene rings is 2. The van der Waals surface area contributed by atoms with Gasteiger partial charge in [0.2, 0.25) is 0 Å². The number of methoxy groups -OCH3 is 1. The second kappa shape index (κ2) is 15.4. The molecule has 1 amide bonds. The van der Waals surface area contributed by atoms with Crippen molar-refractivity contribution in [2.45, 2.75) is 19.4 Å². The molecule has 2 aromatic carbocycles. The molecule has 202 valence electrons. The molecule has 9 heteroatoms. The molecule has 0 saturated carbocycles. The molecule has 0 radical (unpaired) electrons. The number of piperazine rings is 1. The van der Waals surface area contributed by atoms with Crippen molar-refractivity contribution in [3.63, 3.8) is 0 Å². The molecule has 3 aromatic rings. The number of nitrogens with zero attached hydrogens (tertiary/aromatic N) is 3. The zero-order chi connectivity index (χ0) is 24.5. The molecule has 0 unspecified atom stereocenters. The maximum absolute atomic E-state index is 12.2. The molecule has 1 aliphatic heterocycles. The van der Waals surface area contributed by atoms with Gasteiger partial charge in [-0.1, -0.05) is 24.3 Å². The fraction of sp³-hybridized carbons (Fsp3) is 0.393. The monoisotopic (exact) mass is 548 g/mol. The highest BCUT2D eigenvalue weighted by Gasteiger charge is 2.19. The molecule has 37 heavy (non-hydrogen) atoms. The third-order valence-electron chi connectivity index (χ3n) is 6.47. The minimum Gasteiger partial charge on any atom is -0.497 e. The van der Waals surface area contributed by atoms with E-state index in [1.54, 1.807) is 7.11 Å². The second-order valence-electron chi connectivity index (χ2n) is 8.90. The molecular formula is C28H38Cl2N4O3. The van der Waals surface area contributed by atoms with Gasteiger partial charge < -0.3 is 24.3 Å². The Bertz CT molecular complexity index is 1100. The highest BCUT2D eigenvalue weighted by molar-refractivity contribution is 5.92. The summed E-state index contributed by atoms with van der Waals surface area (Å²) >= 11 is 0. The van der Waals surface area contributed by atoms with Crippen LogP contribution in [0.25, 0.3) is 0 Å². The van der Waals surface area contributed by atoms with E-state index in [4.69, 9.17) is 9.47 Å². The minimum atomic E-state index is -0.00148. The Morgan fingerprint density at radius 3 is 2.46 bits per heavy atom. The van der Waals surface area contributed by atoms with Crippen molar-refractivity contribution in [3.05, 3.63) is 78.1 Å². The molecule has 0 atom stereocenters. The SMILES string of the molecule is COc1cccc(COc2ccccc2N2CCN(CCCCNC(=O)c3cccn3C)CC2)c1.Cl.Cl. The van der Waals surface area contributed by atoms with Crippen molar-refractivity contribution < 1.29 is 14.3 Å².